The molecule has 0 atom stereocenters. The normalized spacial score (nSPS) is 14.1. The Hall–Kier alpha value is -1.59. The molecule has 2 rings (SSSR count). The number of rotatable bonds is 7. The molecule has 20 heavy (non-hydrogen) atoms. The molecule has 0 aliphatic heterocycles. The van der Waals surface area contributed by atoms with Gasteiger partial charge in [-0.15, -0.1) is 0 Å². The summed E-state index contributed by atoms with van der Waals surface area (Å²) in [6.07, 6.45) is 2.57. The van der Waals surface area contributed by atoms with Crippen molar-refractivity contribution in [1.29, 1.82) is 0 Å². The highest BCUT2D eigenvalue weighted by Gasteiger charge is 2.21. The molecule has 5 nitrogen and oxygen atoms in total. The van der Waals surface area contributed by atoms with Crippen LogP contribution >= 0.6 is 0 Å². The molecule has 0 saturated heterocycles. The lowest BCUT2D eigenvalue weighted by molar-refractivity contribution is 0.111. The first-order valence-electron chi connectivity index (χ1n) is 6.98. The molecule has 0 bridgehead atoms. The van der Waals surface area contributed by atoms with Crippen LogP contribution < -0.4 is 5.32 Å². The zero-order chi connectivity index (χ0) is 14.4. The molecule has 1 fully saturated rings. The Morgan fingerprint density at radius 1 is 1.50 bits per heavy atom. The number of urea groups is 1. The van der Waals surface area contributed by atoms with Gasteiger partial charge >= 0.3 is 6.03 Å². The van der Waals surface area contributed by atoms with Gasteiger partial charge in [0.1, 0.15) is 0 Å². The van der Waals surface area contributed by atoms with Crippen LogP contribution in [0.3, 0.4) is 0 Å². The third kappa shape index (κ3) is 4.83. The molecule has 0 unspecified atom stereocenters. The number of likely N-dealkylation sites (N-methyl/N-ethyl adjacent to an activating group) is 1. The van der Waals surface area contributed by atoms with E-state index in [1.54, 1.807) is 7.05 Å². The number of benzene rings is 1. The summed E-state index contributed by atoms with van der Waals surface area (Å²) >= 11 is 0. The van der Waals surface area contributed by atoms with Crippen LogP contribution in [0.1, 0.15) is 18.4 Å². The van der Waals surface area contributed by atoms with Gasteiger partial charge in [-0.1, -0.05) is 12.1 Å². The third-order valence-electron chi connectivity index (χ3n) is 3.28. The Balaban J connectivity index is 1.82. The number of nitrogens with zero attached hydrogens (tertiary/aromatic N) is 1. The number of hydrogen-bond acceptors (Lipinski definition) is 3. The summed E-state index contributed by atoms with van der Waals surface area (Å²) in [5.74, 6) is 0.755. The van der Waals surface area contributed by atoms with Crippen molar-refractivity contribution in [1.82, 2.24) is 4.90 Å². The van der Waals surface area contributed by atoms with E-state index in [9.17, 15) is 4.79 Å². The lowest BCUT2D eigenvalue weighted by Crippen LogP contribution is -2.33. The van der Waals surface area contributed by atoms with Gasteiger partial charge < -0.3 is 20.1 Å². The molecule has 1 saturated carbocycles. The van der Waals surface area contributed by atoms with Crippen LogP contribution in [0.4, 0.5) is 10.5 Å². The number of anilines is 1. The molecule has 1 aliphatic carbocycles. The summed E-state index contributed by atoms with van der Waals surface area (Å²) in [6.45, 7) is 1.68. The molecule has 0 heterocycles. The lowest BCUT2D eigenvalue weighted by atomic mass is 10.2. The largest absolute Gasteiger partial charge is 0.395 e. The highest BCUT2D eigenvalue weighted by atomic mass is 16.5. The molecule has 5 heteroatoms. The molecule has 110 valence electrons. The Kier molecular flexibility index (Phi) is 5.38. The van der Waals surface area contributed by atoms with E-state index in [0.717, 1.165) is 23.8 Å². The molecule has 2 N–H and O–H groups in total. The first-order chi connectivity index (χ1) is 9.69. The molecule has 2 amide bonds. The van der Waals surface area contributed by atoms with Crippen molar-refractivity contribution in [3.63, 3.8) is 0 Å². The second-order valence-corrected chi connectivity index (χ2v) is 5.23. The summed E-state index contributed by atoms with van der Waals surface area (Å²) in [4.78, 5) is 13.2. The van der Waals surface area contributed by atoms with E-state index >= 15 is 0 Å². The number of carbonyl (C=O) groups excluding carboxylic acids is 1. The highest BCUT2D eigenvalue weighted by molar-refractivity contribution is 5.89. The van der Waals surface area contributed by atoms with Gasteiger partial charge in [-0.3, -0.25) is 0 Å². The van der Waals surface area contributed by atoms with E-state index in [4.69, 9.17) is 9.84 Å². The van der Waals surface area contributed by atoms with Crippen molar-refractivity contribution in [2.45, 2.75) is 19.4 Å². The molecule has 1 aromatic carbocycles. The summed E-state index contributed by atoms with van der Waals surface area (Å²) in [5, 5.41) is 11.6. The standard InChI is InChI=1S/C15H22N2O3/c1-17(7-8-18)15(19)16-14-4-2-3-13(9-14)11-20-10-12-5-6-12/h2-4,9,12,18H,5-8,10-11H2,1H3,(H,16,19). The summed E-state index contributed by atoms with van der Waals surface area (Å²) in [6, 6.07) is 7.42. The molecular weight excluding hydrogens is 256 g/mol. The quantitative estimate of drug-likeness (QED) is 0.802. The van der Waals surface area contributed by atoms with Crippen molar-refractivity contribution < 1.29 is 14.6 Å². The van der Waals surface area contributed by atoms with Crippen molar-refractivity contribution >= 4 is 11.7 Å². The van der Waals surface area contributed by atoms with Crippen LogP contribution in [0.5, 0.6) is 0 Å². The number of hydrogen-bond donors (Lipinski definition) is 2. The maximum Gasteiger partial charge on any atom is 0.321 e. The first-order valence-corrected chi connectivity index (χ1v) is 6.98. The number of carbonyl (C=O) groups is 1. The van der Waals surface area contributed by atoms with Crippen LogP contribution in [-0.4, -0.2) is 42.8 Å². The first kappa shape index (κ1) is 14.8. The summed E-state index contributed by atoms with van der Waals surface area (Å²) in [7, 11) is 1.65. The lowest BCUT2D eigenvalue weighted by Gasteiger charge is -2.16. The predicted molar refractivity (Wildman–Crippen MR) is 77.6 cm³/mol. The molecule has 0 spiro atoms. The molecule has 1 aliphatic rings. The minimum Gasteiger partial charge on any atom is -0.395 e. The second kappa shape index (κ2) is 7.26. The minimum atomic E-state index is -0.227. The van der Waals surface area contributed by atoms with Gasteiger partial charge in [0, 0.05) is 25.9 Å². The topological polar surface area (TPSA) is 61.8 Å². The average Bonchev–Trinajstić information content (AvgIpc) is 3.23. The second-order valence-electron chi connectivity index (χ2n) is 5.23. The smallest absolute Gasteiger partial charge is 0.321 e. The van der Waals surface area contributed by atoms with E-state index in [1.165, 1.54) is 17.7 Å². The van der Waals surface area contributed by atoms with Crippen molar-refractivity contribution in [2.75, 3.05) is 32.1 Å². The molecule has 0 radical (unpaired) electrons. The molecular formula is C15H22N2O3. The highest BCUT2D eigenvalue weighted by Crippen LogP contribution is 2.29. The van der Waals surface area contributed by atoms with Gasteiger partial charge in [-0.05, 0) is 36.5 Å². The van der Waals surface area contributed by atoms with Gasteiger partial charge in [0.2, 0.25) is 0 Å². The zero-order valence-electron chi connectivity index (χ0n) is 11.8. The fourth-order valence-corrected chi connectivity index (χ4v) is 1.84. The number of aliphatic hydroxyl groups excluding tert-OH is 1. The van der Waals surface area contributed by atoms with Gasteiger partial charge in [-0.25, -0.2) is 4.79 Å². The van der Waals surface area contributed by atoms with Crippen molar-refractivity contribution in [2.24, 2.45) is 5.92 Å². The van der Waals surface area contributed by atoms with Crippen LogP contribution in [-0.2, 0) is 11.3 Å². The molecule has 1 aromatic rings. The zero-order valence-corrected chi connectivity index (χ0v) is 11.8. The fraction of sp³-hybridized carbons (Fsp3) is 0.533. The summed E-state index contributed by atoms with van der Waals surface area (Å²) < 4.78 is 5.63. The Bertz CT molecular complexity index is 446. The summed E-state index contributed by atoms with van der Waals surface area (Å²) in [5.41, 5.74) is 1.79. The van der Waals surface area contributed by atoms with E-state index in [-0.39, 0.29) is 12.6 Å². The van der Waals surface area contributed by atoms with Crippen LogP contribution in [0.2, 0.25) is 0 Å². The predicted octanol–water partition coefficient (Wildman–Crippen LogP) is 2.07. The van der Waals surface area contributed by atoms with Gasteiger partial charge in [0.05, 0.1) is 13.2 Å². The Labute approximate surface area is 119 Å². The maximum atomic E-state index is 11.8. The number of aliphatic hydroxyl groups is 1. The Morgan fingerprint density at radius 2 is 2.30 bits per heavy atom. The van der Waals surface area contributed by atoms with Crippen molar-refractivity contribution in [3.05, 3.63) is 29.8 Å². The van der Waals surface area contributed by atoms with Gasteiger partial charge in [0.25, 0.3) is 0 Å². The number of nitrogens with one attached hydrogen (secondary N) is 1. The van der Waals surface area contributed by atoms with E-state index in [2.05, 4.69) is 5.32 Å². The number of amides is 2. The van der Waals surface area contributed by atoms with E-state index in [0.29, 0.717) is 13.2 Å². The van der Waals surface area contributed by atoms with Crippen molar-refractivity contribution in [3.8, 4) is 0 Å². The van der Waals surface area contributed by atoms with Crippen LogP contribution in [0.25, 0.3) is 0 Å². The van der Waals surface area contributed by atoms with Crippen LogP contribution in [0, 0.1) is 5.92 Å². The Morgan fingerprint density at radius 3 is 3.00 bits per heavy atom. The number of ether oxygens (including phenoxy) is 1. The van der Waals surface area contributed by atoms with Crippen LogP contribution in [0.15, 0.2) is 24.3 Å². The van der Waals surface area contributed by atoms with E-state index < -0.39 is 0 Å². The third-order valence-corrected chi connectivity index (χ3v) is 3.28. The maximum absolute atomic E-state index is 11.8. The minimum absolute atomic E-state index is 0.0427. The SMILES string of the molecule is CN(CCO)C(=O)Nc1cccc(COCC2CC2)c1. The average molecular weight is 278 g/mol. The van der Waals surface area contributed by atoms with Gasteiger partial charge in [-0.2, -0.15) is 0 Å². The van der Waals surface area contributed by atoms with E-state index in [1.807, 2.05) is 24.3 Å². The monoisotopic (exact) mass is 278 g/mol. The molecule has 0 aromatic heterocycles. The fourth-order valence-electron chi connectivity index (χ4n) is 1.84. The van der Waals surface area contributed by atoms with Gasteiger partial charge in [0.15, 0.2) is 0 Å².